The number of carbonyl (C=O) groups excluding carboxylic acids is 2. The first-order valence-corrected chi connectivity index (χ1v) is 9.28. The molecule has 2 N–H and O–H groups in total. The third-order valence-electron chi connectivity index (χ3n) is 5.76. The Bertz CT molecular complexity index is 723. The Hall–Kier alpha value is -2.12. The molecule has 3 amide bonds. The summed E-state index contributed by atoms with van der Waals surface area (Å²) in [7, 11) is 0. The number of benzene rings is 1. The molecular weight excluding hydrogens is 334 g/mol. The number of fused-ring (bicyclic) bond motifs is 1. The maximum atomic E-state index is 13.2. The zero-order valence-corrected chi connectivity index (χ0v) is 15.0. The summed E-state index contributed by atoms with van der Waals surface area (Å²) < 4.78 is 5.82. The third kappa shape index (κ3) is 2.95. The number of nitrogens with zero attached hydrogens (tertiary/aromatic N) is 2. The van der Waals surface area contributed by atoms with Gasteiger partial charge in [-0.05, 0) is 43.4 Å². The van der Waals surface area contributed by atoms with Crippen LogP contribution in [0.4, 0.5) is 10.5 Å². The zero-order chi connectivity index (χ0) is 18.3. The fourth-order valence-electron chi connectivity index (χ4n) is 4.35. The van der Waals surface area contributed by atoms with Gasteiger partial charge in [-0.1, -0.05) is 6.07 Å². The predicted octanol–water partition coefficient (Wildman–Crippen LogP) is 1.14. The van der Waals surface area contributed by atoms with Gasteiger partial charge in [0.05, 0.1) is 18.8 Å². The first kappa shape index (κ1) is 17.3. The highest BCUT2D eigenvalue weighted by atomic mass is 16.5. The molecule has 0 radical (unpaired) electrons. The van der Waals surface area contributed by atoms with Gasteiger partial charge in [-0.2, -0.15) is 0 Å². The third-order valence-corrected chi connectivity index (χ3v) is 5.76. The van der Waals surface area contributed by atoms with E-state index in [-0.39, 0.29) is 36.6 Å². The van der Waals surface area contributed by atoms with Crippen LogP contribution in [-0.2, 0) is 4.74 Å². The van der Waals surface area contributed by atoms with E-state index in [1.165, 1.54) is 0 Å². The van der Waals surface area contributed by atoms with Crippen molar-refractivity contribution in [2.45, 2.75) is 31.9 Å². The molecule has 4 rings (SSSR count). The van der Waals surface area contributed by atoms with Gasteiger partial charge in [0.15, 0.2) is 0 Å². The largest absolute Gasteiger partial charge is 0.396 e. The summed E-state index contributed by atoms with van der Waals surface area (Å²) in [6, 6.07) is 5.46. The van der Waals surface area contributed by atoms with E-state index in [0.717, 1.165) is 24.1 Å². The maximum Gasteiger partial charge on any atom is 0.322 e. The number of hydrogen-bond acceptors (Lipinski definition) is 4. The Morgan fingerprint density at radius 2 is 2.19 bits per heavy atom. The number of aryl methyl sites for hydroxylation is 1. The van der Waals surface area contributed by atoms with Crippen molar-refractivity contribution in [1.29, 1.82) is 0 Å². The van der Waals surface area contributed by atoms with E-state index in [1.807, 2.05) is 30.0 Å². The highest BCUT2D eigenvalue weighted by molar-refractivity contribution is 5.99. The summed E-state index contributed by atoms with van der Waals surface area (Å²) in [6.07, 6.45) is 1.59. The molecule has 3 fully saturated rings. The lowest BCUT2D eigenvalue weighted by atomic mass is 10.0. The molecule has 1 aromatic carbocycles. The topological polar surface area (TPSA) is 82.1 Å². The van der Waals surface area contributed by atoms with Gasteiger partial charge in [0.1, 0.15) is 0 Å². The number of aliphatic hydroxyl groups excluding tert-OH is 1. The summed E-state index contributed by atoms with van der Waals surface area (Å²) in [6.45, 7) is 4.40. The van der Waals surface area contributed by atoms with Crippen molar-refractivity contribution >= 4 is 17.6 Å². The molecule has 1 unspecified atom stereocenters. The van der Waals surface area contributed by atoms with E-state index in [0.29, 0.717) is 31.8 Å². The highest BCUT2D eigenvalue weighted by Crippen LogP contribution is 2.35. The lowest BCUT2D eigenvalue weighted by Crippen LogP contribution is -2.51. The van der Waals surface area contributed by atoms with E-state index in [2.05, 4.69) is 5.32 Å². The summed E-state index contributed by atoms with van der Waals surface area (Å²) in [5, 5.41) is 12.3. The van der Waals surface area contributed by atoms with Crippen molar-refractivity contribution in [1.82, 2.24) is 10.2 Å². The van der Waals surface area contributed by atoms with E-state index >= 15 is 0 Å². The van der Waals surface area contributed by atoms with Gasteiger partial charge in [-0.15, -0.1) is 0 Å². The van der Waals surface area contributed by atoms with Gasteiger partial charge in [-0.3, -0.25) is 9.69 Å². The molecule has 7 heteroatoms. The number of rotatable bonds is 3. The monoisotopic (exact) mass is 359 g/mol. The Balaban J connectivity index is 1.59. The molecule has 1 aromatic rings. The van der Waals surface area contributed by atoms with E-state index in [4.69, 9.17) is 4.74 Å². The van der Waals surface area contributed by atoms with Crippen LogP contribution >= 0.6 is 0 Å². The van der Waals surface area contributed by atoms with E-state index in [9.17, 15) is 14.7 Å². The Morgan fingerprint density at radius 3 is 2.92 bits per heavy atom. The van der Waals surface area contributed by atoms with Crippen LogP contribution in [0.3, 0.4) is 0 Å². The molecule has 2 aliphatic heterocycles. The summed E-state index contributed by atoms with van der Waals surface area (Å²) in [5.74, 6) is 0.169. The van der Waals surface area contributed by atoms with Crippen LogP contribution in [0, 0.1) is 12.8 Å². The van der Waals surface area contributed by atoms with E-state index in [1.54, 1.807) is 4.90 Å². The molecule has 3 aliphatic rings. The van der Waals surface area contributed by atoms with Crippen LogP contribution in [0.1, 0.15) is 28.8 Å². The number of carbonyl (C=O) groups is 2. The molecule has 3 atom stereocenters. The minimum Gasteiger partial charge on any atom is -0.396 e. The quantitative estimate of drug-likeness (QED) is 0.848. The minimum absolute atomic E-state index is 0.0131. The SMILES string of the molecule is Cc1ccc(C(=O)N2CCOC3C[C@H](CO)C[C@@H]32)cc1N1CCNC1=O. The van der Waals surface area contributed by atoms with Crippen LogP contribution in [0.5, 0.6) is 0 Å². The molecule has 1 aliphatic carbocycles. The number of urea groups is 1. The fraction of sp³-hybridized carbons (Fsp3) is 0.579. The minimum atomic E-state index is -0.120. The maximum absolute atomic E-state index is 13.2. The number of nitrogens with one attached hydrogen (secondary N) is 1. The van der Waals surface area contributed by atoms with Gasteiger partial charge in [0.2, 0.25) is 0 Å². The van der Waals surface area contributed by atoms with Crippen LogP contribution in [0.25, 0.3) is 0 Å². The van der Waals surface area contributed by atoms with Crippen molar-refractivity contribution < 1.29 is 19.4 Å². The van der Waals surface area contributed by atoms with Crippen LogP contribution in [-0.4, -0.2) is 66.9 Å². The zero-order valence-electron chi connectivity index (χ0n) is 15.0. The summed E-state index contributed by atoms with van der Waals surface area (Å²) in [4.78, 5) is 28.8. The normalized spacial score (nSPS) is 28.2. The van der Waals surface area contributed by atoms with Crippen LogP contribution < -0.4 is 10.2 Å². The van der Waals surface area contributed by atoms with Gasteiger partial charge in [-0.25, -0.2) is 4.79 Å². The first-order valence-electron chi connectivity index (χ1n) is 9.28. The molecule has 2 saturated heterocycles. The van der Waals surface area contributed by atoms with Gasteiger partial charge >= 0.3 is 6.03 Å². The fourth-order valence-corrected chi connectivity index (χ4v) is 4.35. The molecule has 0 aromatic heterocycles. The van der Waals surface area contributed by atoms with Crippen molar-refractivity contribution in [2.75, 3.05) is 37.7 Å². The second kappa shape index (κ2) is 6.89. The Kier molecular flexibility index (Phi) is 4.58. The second-order valence-corrected chi connectivity index (χ2v) is 7.38. The Morgan fingerprint density at radius 1 is 1.35 bits per heavy atom. The van der Waals surface area contributed by atoms with E-state index < -0.39 is 0 Å². The standard InChI is InChI=1S/C19H25N3O4/c1-12-2-3-14(10-15(12)22-5-4-20-19(22)25)18(24)21-6-7-26-17-9-13(11-23)8-16(17)21/h2-3,10,13,16-17,23H,4-9,11H2,1H3,(H,20,25)/t13-,16+,17?/m1/s1. The molecule has 1 saturated carbocycles. The molecule has 0 spiro atoms. The van der Waals surface area contributed by atoms with Gasteiger partial charge < -0.3 is 20.1 Å². The molecule has 0 bridgehead atoms. The molecule has 140 valence electrons. The second-order valence-electron chi connectivity index (χ2n) is 7.38. The molecule has 26 heavy (non-hydrogen) atoms. The first-order chi connectivity index (χ1) is 12.6. The lowest BCUT2D eigenvalue weighted by molar-refractivity contribution is -0.0448. The molecule has 2 heterocycles. The number of amides is 3. The van der Waals surface area contributed by atoms with Crippen molar-refractivity contribution in [3.63, 3.8) is 0 Å². The Labute approximate surface area is 152 Å². The van der Waals surface area contributed by atoms with Gasteiger partial charge in [0, 0.05) is 37.5 Å². The van der Waals surface area contributed by atoms with Crippen molar-refractivity contribution in [3.05, 3.63) is 29.3 Å². The average molecular weight is 359 g/mol. The number of anilines is 1. The smallest absolute Gasteiger partial charge is 0.322 e. The molecule has 7 nitrogen and oxygen atoms in total. The number of hydrogen-bond donors (Lipinski definition) is 2. The summed E-state index contributed by atoms with van der Waals surface area (Å²) in [5.41, 5.74) is 2.35. The average Bonchev–Trinajstić information content (AvgIpc) is 3.27. The van der Waals surface area contributed by atoms with Gasteiger partial charge in [0.25, 0.3) is 5.91 Å². The highest BCUT2D eigenvalue weighted by Gasteiger charge is 2.42. The van der Waals surface area contributed by atoms with Crippen molar-refractivity contribution in [2.24, 2.45) is 5.92 Å². The number of morpholine rings is 1. The lowest BCUT2D eigenvalue weighted by Gasteiger charge is -2.37. The number of ether oxygens (including phenoxy) is 1. The molecular formula is C19H25N3O4. The van der Waals surface area contributed by atoms with Crippen LogP contribution in [0.2, 0.25) is 0 Å². The number of aliphatic hydroxyl groups is 1. The van der Waals surface area contributed by atoms with Crippen molar-refractivity contribution in [3.8, 4) is 0 Å². The summed E-state index contributed by atoms with van der Waals surface area (Å²) >= 11 is 0. The predicted molar refractivity (Wildman–Crippen MR) is 96.3 cm³/mol. The van der Waals surface area contributed by atoms with Crippen LogP contribution in [0.15, 0.2) is 18.2 Å².